The van der Waals surface area contributed by atoms with Crippen LogP contribution in [0.3, 0.4) is 0 Å². The zero-order valence-corrected chi connectivity index (χ0v) is 13.1. The summed E-state index contributed by atoms with van der Waals surface area (Å²) in [4.78, 5) is 21.7. The molecule has 0 aliphatic rings. The Labute approximate surface area is 117 Å². The molecule has 18 heavy (non-hydrogen) atoms. The van der Waals surface area contributed by atoms with Crippen LogP contribution in [0, 0.1) is 0 Å². The molecular formula is C12H27ClN2O3. The molecule has 0 aromatic heterocycles. The second kappa shape index (κ2) is 18.3. The molecule has 0 unspecified atom stereocenters. The molecule has 0 spiro atoms. The van der Waals surface area contributed by atoms with Crippen LogP contribution in [0.15, 0.2) is 12.2 Å². The zero-order chi connectivity index (χ0) is 14.4. The number of hydrogen-bond donors (Lipinski definition) is 2. The summed E-state index contributed by atoms with van der Waals surface area (Å²) in [6.45, 7) is 9.03. The highest BCUT2D eigenvalue weighted by Gasteiger charge is 1.96. The first-order valence-electron chi connectivity index (χ1n) is 5.39. The summed E-state index contributed by atoms with van der Waals surface area (Å²) < 4.78 is 0. The largest absolute Gasteiger partial charge is 0.481 e. The summed E-state index contributed by atoms with van der Waals surface area (Å²) in [5, 5.41) is 10.1. The minimum Gasteiger partial charge on any atom is -0.481 e. The van der Waals surface area contributed by atoms with Crippen molar-refractivity contribution in [2.75, 3.05) is 27.7 Å². The lowest BCUT2D eigenvalue weighted by Crippen LogP contribution is -2.24. The molecule has 0 rings (SSSR count). The molecule has 2 N–H and O–H groups in total. The van der Waals surface area contributed by atoms with Crippen LogP contribution >= 0.6 is 12.4 Å². The molecule has 0 aromatic rings. The number of nitrogens with one attached hydrogen (secondary N) is 1. The maximum absolute atomic E-state index is 10.7. The highest BCUT2D eigenvalue weighted by molar-refractivity contribution is 5.91. The van der Waals surface area contributed by atoms with Gasteiger partial charge in [-0.15, -0.1) is 12.4 Å². The van der Waals surface area contributed by atoms with Crippen molar-refractivity contribution in [3.05, 3.63) is 12.2 Å². The molecule has 0 heterocycles. The summed E-state index contributed by atoms with van der Waals surface area (Å²) >= 11 is 0. The predicted molar refractivity (Wildman–Crippen MR) is 78.3 cm³/mol. The van der Waals surface area contributed by atoms with Gasteiger partial charge in [0.05, 0.1) is 0 Å². The van der Waals surface area contributed by atoms with Crippen molar-refractivity contribution in [1.29, 1.82) is 0 Å². The van der Waals surface area contributed by atoms with Crippen molar-refractivity contribution in [3.63, 3.8) is 0 Å². The Morgan fingerprint density at radius 2 is 1.50 bits per heavy atom. The summed E-state index contributed by atoms with van der Waals surface area (Å²) in [5.74, 6) is -0.878. The van der Waals surface area contributed by atoms with Crippen molar-refractivity contribution in [1.82, 2.24) is 10.2 Å². The number of rotatable bonds is 3. The fraction of sp³-hybridized carbons (Fsp3) is 0.667. The fourth-order valence-corrected chi connectivity index (χ4v) is 0.389. The van der Waals surface area contributed by atoms with Gasteiger partial charge in [-0.25, -0.2) is 0 Å². The number of amides is 1. The van der Waals surface area contributed by atoms with Crippen LogP contribution in [0.4, 0.5) is 0 Å². The number of nitrogens with zero attached hydrogens (tertiary/aromatic N) is 1. The van der Waals surface area contributed by atoms with Crippen LogP contribution in [0.25, 0.3) is 0 Å². The molecule has 0 saturated heterocycles. The fourth-order valence-electron chi connectivity index (χ4n) is 0.389. The molecule has 0 atom stereocenters. The van der Waals surface area contributed by atoms with E-state index < -0.39 is 5.97 Å². The number of carbonyl (C=O) groups excluding carboxylic acids is 1. The predicted octanol–water partition coefficient (Wildman–Crippen LogP) is 1.78. The van der Waals surface area contributed by atoms with E-state index in [1.54, 1.807) is 6.92 Å². The van der Waals surface area contributed by atoms with Crippen LogP contribution in [0.1, 0.15) is 27.2 Å². The van der Waals surface area contributed by atoms with Crippen molar-refractivity contribution in [2.45, 2.75) is 27.2 Å². The third-order valence-corrected chi connectivity index (χ3v) is 0.923. The molecule has 110 valence electrons. The maximum Gasteiger partial charge on any atom is 0.300 e. The third kappa shape index (κ3) is 60.3. The second-order valence-corrected chi connectivity index (χ2v) is 3.90. The smallest absolute Gasteiger partial charge is 0.300 e. The Hall–Kier alpha value is -1.07. The Morgan fingerprint density at radius 1 is 1.22 bits per heavy atom. The van der Waals surface area contributed by atoms with Crippen LogP contribution < -0.4 is 5.32 Å². The molecular weight excluding hydrogens is 256 g/mol. The van der Waals surface area contributed by atoms with Gasteiger partial charge in [0.25, 0.3) is 5.97 Å². The summed E-state index contributed by atoms with van der Waals surface area (Å²) in [6.07, 6.45) is 0.971. The number of hydrogen-bond acceptors (Lipinski definition) is 3. The van der Waals surface area contributed by atoms with Crippen molar-refractivity contribution < 1.29 is 14.7 Å². The first-order chi connectivity index (χ1) is 7.64. The van der Waals surface area contributed by atoms with E-state index >= 15 is 0 Å². The molecule has 0 saturated carbocycles. The van der Waals surface area contributed by atoms with Crippen LogP contribution in [0.2, 0.25) is 0 Å². The van der Waals surface area contributed by atoms with Gasteiger partial charge in [-0.3, -0.25) is 9.59 Å². The highest BCUT2D eigenvalue weighted by Crippen LogP contribution is 1.84. The minimum absolute atomic E-state index is 0. The number of carbonyl (C=O) groups is 2. The summed E-state index contributed by atoms with van der Waals surface area (Å²) in [6, 6.07) is 0. The van der Waals surface area contributed by atoms with Gasteiger partial charge >= 0.3 is 0 Å². The van der Waals surface area contributed by atoms with E-state index in [1.807, 2.05) is 33.0 Å². The van der Waals surface area contributed by atoms with E-state index in [9.17, 15) is 4.79 Å². The van der Waals surface area contributed by atoms with Crippen LogP contribution in [0.5, 0.6) is 0 Å². The first-order valence-corrected chi connectivity index (χ1v) is 5.39. The zero-order valence-electron chi connectivity index (χ0n) is 12.2. The number of carboxylic acids is 1. The molecule has 6 heteroatoms. The van der Waals surface area contributed by atoms with E-state index in [0.717, 1.165) is 19.9 Å². The molecule has 0 bridgehead atoms. The standard InChI is InChI=1S/C7H13NO.C3H9N.C2H4O2.ClH/c1-4-5-8-7(9)6(2)3;1-4(2)3;1-2(3)4;/h2,4-5H2,1,3H3,(H,8,9);1-3H3;1H3,(H,3,4);1H. The van der Waals surface area contributed by atoms with Crippen molar-refractivity contribution in [3.8, 4) is 0 Å². The number of halogens is 1. The Morgan fingerprint density at radius 3 is 1.67 bits per heavy atom. The van der Waals surface area contributed by atoms with Gasteiger partial charge < -0.3 is 15.3 Å². The van der Waals surface area contributed by atoms with E-state index in [1.165, 1.54) is 0 Å². The van der Waals surface area contributed by atoms with Gasteiger partial charge in [-0.1, -0.05) is 13.5 Å². The number of carboxylic acid groups (broad SMARTS) is 1. The topological polar surface area (TPSA) is 69.6 Å². The monoisotopic (exact) mass is 282 g/mol. The normalized spacial score (nSPS) is 7.72. The SMILES string of the molecule is C=C(C)C(=O)NCCC.CC(=O)O.CN(C)C.Cl. The van der Waals surface area contributed by atoms with E-state index in [0.29, 0.717) is 5.57 Å². The quantitative estimate of drug-likeness (QED) is 0.774. The van der Waals surface area contributed by atoms with Crippen molar-refractivity contribution >= 4 is 24.3 Å². The van der Waals surface area contributed by atoms with Gasteiger partial charge in [0, 0.05) is 19.0 Å². The third-order valence-electron chi connectivity index (χ3n) is 0.923. The average molecular weight is 283 g/mol. The lowest BCUT2D eigenvalue weighted by atomic mass is 10.3. The van der Waals surface area contributed by atoms with Crippen LogP contribution in [-0.4, -0.2) is 49.6 Å². The molecule has 0 aliphatic carbocycles. The molecule has 0 fully saturated rings. The van der Waals surface area contributed by atoms with E-state index in [4.69, 9.17) is 9.90 Å². The molecule has 0 aromatic carbocycles. The van der Waals surface area contributed by atoms with Gasteiger partial charge in [0.1, 0.15) is 0 Å². The summed E-state index contributed by atoms with van der Waals surface area (Å²) in [5.41, 5.74) is 0.573. The Balaban J connectivity index is -0.0000000922. The Bertz CT molecular complexity index is 225. The van der Waals surface area contributed by atoms with Crippen molar-refractivity contribution in [2.24, 2.45) is 0 Å². The highest BCUT2D eigenvalue weighted by atomic mass is 35.5. The van der Waals surface area contributed by atoms with Gasteiger partial charge in [0.15, 0.2) is 0 Å². The van der Waals surface area contributed by atoms with Crippen LogP contribution in [-0.2, 0) is 9.59 Å². The second-order valence-electron chi connectivity index (χ2n) is 3.90. The van der Waals surface area contributed by atoms with Gasteiger partial charge in [-0.05, 0) is 34.5 Å². The maximum atomic E-state index is 10.7. The molecule has 5 nitrogen and oxygen atoms in total. The average Bonchev–Trinajstić information content (AvgIpc) is 2.12. The summed E-state index contributed by atoms with van der Waals surface area (Å²) in [7, 11) is 6.00. The van der Waals surface area contributed by atoms with Gasteiger partial charge in [-0.2, -0.15) is 0 Å². The Kier molecular flexibility index (Phi) is 26.1. The lowest BCUT2D eigenvalue weighted by Gasteiger charge is -1.99. The lowest BCUT2D eigenvalue weighted by molar-refractivity contribution is -0.134. The van der Waals surface area contributed by atoms with E-state index in [-0.39, 0.29) is 18.3 Å². The first kappa shape index (κ1) is 25.7. The van der Waals surface area contributed by atoms with Gasteiger partial charge in [0.2, 0.25) is 5.91 Å². The minimum atomic E-state index is -0.833. The molecule has 1 amide bonds. The number of aliphatic carboxylic acids is 1. The molecule has 0 radical (unpaired) electrons. The molecule has 0 aliphatic heterocycles. The van der Waals surface area contributed by atoms with E-state index in [2.05, 4.69) is 11.9 Å².